The maximum absolute atomic E-state index is 11.8. The van der Waals surface area contributed by atoms with Crippen LogP contribution in [0.2, 0.25) is 0 Å². The molecule has 2 aliphatic carbocycles. The van der Waals surface area contributed by atoms with E-state index in [1.165, 1.54) is 25.7 Å². The third-order valence-electron chi connectivity index (χ3n) is 3.63. The Morgan fingerprint density at radius 1 is 1.20 bits per heavy atom. The van der Waals surface area contributed by atoms with E-state index in [1.807, 2.05) is 0 Å². The summed E-state index contributed by atoms with van der Waals surface area (Å²) in [6.45, 7) is 3.91. The van der Waals surface area contributed by atoms with Gasteiger partial charge < -0.3 is 10.6 Å². The Balaban J connectivity index is 1.58. The molecule has 2 aliphatic rings. The first-order valence-corrected chi connectivity index (χ1v) is 6.28. The van der Waals surface area contributed by atoms with Gasteiger partial charge in [0.2, 0.25) is 5.91 Å². The maximum Gasteiger partial charge on any atom is 0.223 e. The molecule has 3 heteroatoms. The Hall–Kier alpha value is -0.570. The first kappa shape index (κ1) is 10.9. The van der Waals surface area contributed by atoms with Crippen LogP contribution in [0.4, 0.5) is 0 Å². The fourth-order valence-electron chi connectivity index (χ4n) is 2.42. The van der Waals surface area contributed by atoms with Gasteiger partial charge in [-0.05, 0) is 31.6 Å². The van der Waals surface area contributed by atoms with E-state index < -0.39 is 0 Å². The summed E-state index contributed by atoms with van der Waals surface area (Å²) in [6, 6.07) is 0.743. The summed E-state index contributed by atoms with van der Waals surface area (Å²) in [5.74, 6) is 1.14. The van der Waals surface area contributed by atoms with Gasteiger partial charge in [0, 0.05) is 25.0 Å². The van der Waals surface area contributed by atoms with Crippen LogP contribution in [0.25, 0.3) is 0 Å². The summed E-state index contributed by atoms with van der Waals surface area (Å²) >= 11 is 0. The average Bonchev–Trinajstić information content (AvgIpc) is 2.94. The third-order valence-corrected chi connectivity index (χ3v) is 3.63. The van der Waals surface area contributed by atoms with Crippen molar-refractivity contribution in [2.24, 2.45) is 11.8 Å². The van der Waals surface area contributed by atoms with Crippen LogP contribution >= 0.6 is 0 Å². The molecule has 0 aromatic carbocycles. The van der Waals surface area contributed by atoms with Gasteiger partial charge in [-0.1, -0.05) is 13.3 Å². The molecule has 0 bridgehead atoms. The van der Waals surface area contributed by atoms with Gasteiger partial charge in [-0.2, -0.15) is 0 Å². The predicted molar refractivity (Wildman–Crippen MR) is 60.5 cm³/mol. The second kappa shape index (κ2) is 4.97. The Kier molecular flexibility index (Phi) is 3.62. The third kappa shape index (κ3) is 3.20. The minimum atomic E-state index is 0.276. The summed E-state index contributed by atoms with van der Waals surface area (Å²) in [5.41, 5.74) is 0. The normalized spacial score (nSPS) is 30.5. The number of hydrogen-bond acceptors (Lipinski definition) is 2. The van der Waals surface area contributed by atoms with Gasteiger partial charge in [-0.15, -0.1) is 0 Å². The quantitative estimate of drug-likeness (QED) is 0.671. The van der Waals surface area contributed by atoms with Gasteiger partial charge in [0.05, 0.1) is 0 Å². The molecular formula is C12H22N2O. The van der Waals surface area contributed by atoms with Crippen LogP contribution < -0.4 is 10.6 Å². The zero-order valence-electron chi connectivity index (χ0n) is 9.59. The highest BCUT2D eigenvalue weighted by Gasteiger charge is 2.29. The lowest BCUT2D eigenvalue weighted by atomic mass is 9.97. The molecule has 2 unspecified atom stereocenters. The predicted octanol–water partition coefficient (Wildman–Crippen LogP) is 1.29. The number of carbonyl (C=O) groups is 1. The van der Waals surface area contributed by atoms with E-state index in [4.69, 9.17) is 0 Å². The highest BCUT2D eigenvalue weighted by atomic mass is 16.1. The maximum atomic E-state index is 11.8. The molecule has 0 aromatic heterocycles. The van der Waals surface area contributed by atoms with Gasteiger partial charge in [-0.25, -0.2) is 0 Å². The Morgan fingerprint density at radius 3 is 2.60 bits per heavy atom. The summed E-state index contributed by atoms with van der Waals surface area (Å²) in [7, 11) is 0. The van der Waals surface area contributed by atoms with E-state index in [0.717, 1.165) is 25.6 Å². The van der Waals surface area contributed by atoms with E-state index >= 15 is 0 Å². The number of amides is 1. The van der Waals surface area contributed by atoms with Crippen molar-refractivity contribution in [3.63, 3.8) is 0 Å². The first-order chi connectivity index (χ1) is 7.27. The van der Waals surface area contributed by atoms with Crippen LogP contribution in [0.15, 0.2) is 0 Å². The number of carbonyl (C=O) groups excluding carboxylic acids is 1. The van der Waals surface area contributed by atoms with E-state index in [9.17, 15) is 4.79 Å². The van der Waals surface area contributed by atoms with Gasteiger partial charge in [0.15, 0.2) is 0 Å². The summed E-state index contributed by atoms with van der Waals surface area (Å²) in [6.07, 6.45) is 6.16. The molecule has 0 radical (unpaired) electrons. The van der Waals surface area contributed by atoms with Crippen molar-refractivity contribution in [2.45, 2.75) is 45.1 Å². The molecule has 0 saturated heterocycles. The molecule has 86 valence electrons. The van der Waals surface area contributed by atoms with Gasteiger partial charge in [0.1, 0.15) is 0 Å². The summed E-state index contributed by atoms with van der Waals surface area (Å²) in [4.78, 5) is 11.8. The molecule has 0 aromatic rings. The van der Waals surface area contributed by atoms with Crippen molar-refractivity contribution < 1.29 is 4.79 Å². The molecule has 2 N–H and O–H groups in total. The fraction of sp³-hybridized carbons (Fsp3) is 0.917. The molecule has 0 spiro atoms. The highest BCUT2D eigenvalue weighted by Crippen LogP contribution is 2.30. The lowest BCUT2D eigenvalue weighted by molar-refractivity contribution is -0.125. The van der Waals surface area contributed by atoms with Crippen LogP contribution in [-0.4, -0.2) is 25.0 Å². The second-order valence-corrected chi connectivity index (χ2v) is 5.03. The monoisotopic (exact) mass is 210 g/mol. The minimum absolute atomic E-state index is 0.276. The Bertz CT molecular complexity index is 226. The molecule has 0 aliphatic heterocycles. The lowest BCUT2D eigenvalue weighted by Crippen LogP contribution is -2.37. The van der Waals surface area contributed by atoms with Crippen molar-refractivity contribution in [3.05, 3.63) is 0 Å². The standard InChI is InChI=1S/C12H22N2O/c1-9-3-2-4-11(9)12(15)14-8-7-13-10-5-6-10/h9-11,13H,2-8H2,1H3,(H,14,15). The number of nitrogens with one attached hydrogen (secondary N) is 2. The molecule has 1 amide bonds. The molecule has 2 fully saturated rings. The van der Waals surface area contributed by atoms with Crippen molar-refractivity contribution >= 4 is 5.91 Å². The molecule has 2 atom stereocenters. The van der Waals surface area contributed by atoms with Crippen molar-refractivity contribution in [3.8, 4) is 0 Å². The molecular weight excluding hydrogens is 188 g/mol. The summed E-state index contributed by atoms with van der Waals surface area (Å²) in [5, 5.41) is 6.44. The largest absolute Gasteiger partial charge is 0.355 e. The number of hydrogen-bond donors (Lipinski definition) is 2. The molecule has 15 heavy (non-hydrogen) atoms. The highest BCUT2D eigenvalue weighted by molar-refractivity contribution is 5.79. The zero-order valence-corrected chi connectivity index (χ0v) is 9.59. The van der Waals surface area contributed by atoms with Crippen molar-refractivity contribution in [1.29, 1.82) is 0 Å². The van der Waals surface area contributed by atoms with Crippen LogP contribution in [0.3, 0.4) is 0 Å². The lowest BCUT2D eigenvalue weighted by Gasteiger charge is -2.15. The Labute approximate surface area is 92.0 Å². The van der Waals surface area contributed by atoms with E-state index in [-0.39, 0.29) is 11.8 Å². The molecule has 2 rings (SSSR count). The second-order valence-electron chi connectivity index (χ2n) is 5.03. The van der Waals surface area contributed by atoms with Crippen LogP contribution in [0, 0.1) is 11.8 Å². The van der Waals surface area contributed by atoms with Gasteiger partial charge in [0.25, 0.3) is 0 Å². The van der Waals surface area contributed by atoms with Gasteiger partial charge in [-0.3, -0.25) is 4.79 Å². The minimum Gasteiger partial charge on any atom is -0.355 e. The van der Waals surface area contributed by atoms with Crippen LogP contribution in [0.5, 0.6) is 0 Å². The van der Waals surface area contributed by atoms with Crippen LogP contribution in [-0.2, 0) is 4.79 Å². The fourth-order valence-corrected chi connectivity index (χ4v) is 2.42. The Morgan fingerprint density at radius 2 is 2.00 bits per heavy atom. The van der Waals surface area contributed by atoms with E-state index in [2.05, 4.69) is 17.6 Å². The molecule has 0 heterocycles. The smallest absolute Gasteiger partial charge is 0.223 e. The van der Waals surface area contributed by atoms with E-state index in [0.29, 0.717) is 5.92 Å². The van der Waals surface area contributed by atoms with E-state index in [1.54, 1.807) is 0 Å². The molecule has 3 nitrogen and oxygen atoms in total. The van der Waals surface area contributed by atoms with Crippen molar-refractivity contribution in [1.82, 2.24) is 10.6 Å². The average molecular weight is 210 g/mol. The number of rotatable bonds is 5. The van der Waals surface area contributed by atoms with Gasteiger partial charge >= 0.3 is 0 Å². The summed E-state index contributed by atoms with van der Waals surface area (Å²) < 4.78 is 0. The first-order valence-electron chi connectivity index (χ1n) is 6.28. The topological polar surface area (TPSA) is 41.1 Å². The zero-order chi connectivity index (χ0) is 10.7. The SMILES string of the molecule is CC1CCCC1C(=O)NCCNC1CC1. The van der Waals surface area contributed by atoms with Crippen molar-refractivity contribution in [2.75, 3.05) is 13.1 Å². The molecule has 2 saturated carbocycles. The van der Waals surface area contributed by atoms with Crippen LogP contribution in [0.1, 0.15) is 39.0 Å².